The number of aromatic amines is 1. The largest absolute Gasteiger partial charge is 0.309 e. The maximum absolute atomic E-state index is 13.6. The van der Waals surface area contributed by atoms with Crippen LogP contribution in [0.3, 0.4) is 0 Å². The molecule has 0 spiro atoms. The summed E-state index contributed by atoms with van der Waals surface area (Å²) in [5.41, 5.74) is 3.89. The third-order valence-corrected chi connectivity index (χ3v) is 7.56. The number of nitrogens with one attached hydrogen (secondary N) is 1. The molecule has 0 amide bonds. The number of hydrogen-bond donors (Lipinski definition) is 1. The fraction of sp³-hybridized carbons (Fsp3) is 0.148. The van der Waals surface area contributed by atoms with Gasteiger partial charge in [0.05, 0.1) is 32.7 Å². The number of thioether (sulfide) groups is 1. The van der Waals surface area contributed by atoms with Crippen LogP contribution in [0.15, 0.2) is 81.5 Å². The Morgan fingerprint density at radius 1 is 0.889 bits per heavy atom. The zero-order valence-electron chi connectivity index (χ0n) is 19.9. The van der Waals surface area contributed by atoms with Gasteiger partial charge in [0, 0.05) is 0 Å². The third-order valence-electron chi connectivity index (χ3n) is 6.51. The highest BCUT2D eigenvalue weighted by Gasteiger charge is 2.22. The van der Waals surface area contributed by atoms with Crippen LogP contribution in [0.5, 0.6) is 0 Å². The van der Waals surface area contributed by atoms with Crippen molar-refractivity contribution in [1.29, 1.82) is 0 Å². The Labute approximate surface area is 209 Å². The summed E-state index contributed by atoms with van der Waals surface area (Å²) in [6.07, 6.45) is 0. The van der Waals surface area contributed by atoms with Crippen LogP contribution in [0.25, 0.3) is 33.3 Å². The molecule has 3 aromatic heterocycles. The highest BCUT2D eigenvalue weighted by atomic mass is 32.2. The first-order valence-electron chi connectivity index (χ1n) is 11.5. The smallest absolute Gasteiger partial charge is 0.267 e. The Bertz CT molecular complexity index is 1920. The molecular weight excluding hydrogens is 472 g/mol. The summed E-state index contributed by atoms with van der Waals surface area (Å²) in [5.74, 6) is 0.981. The Balaban J connectivity index is 1.55. The lowest BCUT2D eigenvalue weighted by Gasteiger charge is -2.15. The van der Waals surface area contributed by atoms with Crippen LogP contribution >= 0.6 is 11.8 Å². The fourth-order valence-electron chi connectivity index (χ4n) is 4.46. The Morgan fingerprint density at radius 3 is 2.47 bits per heavy atom. The number of rotatable bonds is 4. The first-order chi connectivity index (χ1) is 17.4. The summed E-state index contributed by atoms with van der Waals surface area (Å²) in [6, 6.07) is 20.6. The molecule has 3 heterocycles. The monoisotopic (exact) mass is 494 g/mol. The molecule has 0 saturated heterocycles. The molecular formula is C27H22N6O2S. The number of aromatic nitrogens is 6. The number of para-hydroxylation sites is 2. The van der Waals surface area contributed by atoms with Crippen LogP contribution in [0.4, 0.5) is 0 Å². The Hall–Kier alpha value is -4.24. The molecule has 36 heavy (non-hydrogen) atoms. The minimum atomic E-state index is -0.227. The van der Waals surface area contributed by atoms with Gasteiger partial charge in [-0.1, -0.05) is 48.2 Å². The predicted octanol–water partition coefficient (Wildman–Crippen LogP) is 4.74. The number of H-pyrrole nitrogens is 1. The van der Waals surface area contributed by atoms with Gasteiger partial charge in [0.2, 0.25) is 5.78 Å². The molecule has 0 bridgehead atoms. The average molecular weight is 495 g/mol. The van der Waals surface area contributed by atoms with E-state index < -0.39 is 0 Å². The molecule has 6 rings (SSSR count). The van der Waals surface area contributed by atoms with E-state index in [0.29, 0.717) is 33.0 Å². The molecule has 8 nitrogen and oxygen atoms in total. The van der Waals surface area contributed by atoms with Crippen molar-refractivity contribution in [3.8, 4) is 5.69 Å². The second-order valence-corrected chi connectivity index (χ2v) is 10.0. The van der Waals surface area contributed by atoms with Gasteiger partial charge in [-0.05, 0) is 62.2 Å². The third kappa shape index (κ3) is 3.43. The normalized spacial score (nSPS) is 12.5. The van der Waals surface area contributed by atoms with Crippen molar-refractivity contribution in [2.75, 3.05) is 0 Å². The number of fused-ring (bicyclic) bond motifs is 4. The molecule has 6 aromatic rings. The maximum Gasteiger partial charge on any atom is 0.267 e. The summed E-state index contributed by atoms with van der Waals surface area (Å²) in [5, 5.41) is 10.4. The number of aryl methyl sites for hydroxylation is 1. The van der Waals surface area contributed by atoms with E-state index in [0.717, 1.165) is 22.3 Å². The zero-order chi connectivity index (χ0) is 25.0. The van der Waals surface area contributed by atoms with Crippen LogP contribution in [0, 0.1) is 13.8 Å². The standard InChI is InChI=1S/C27H22N6O2S/c1-15-9-8-14-21(16(15)2)32-25(35)19-11-5-7-13-22(19)33-26(32)30-31-27(33)36-17(3)23-28-20-12-6-4-10-18(20)24(34)29-23/h4-14,17H,1-3H3,(H,28,29,34). The minimum absolute atomic E-state index is 0.149. The second-order valence-electron chi connectivity index (χ2n) is 8.72. The van der Waals surface area contributed by atoms with Gasteiger partial charge in [0.15, 0.2) is 5.16 Å². The van der Waals surface area contributed by atoms with E-state index >= 15 is 0 Å². The van der Waals surface area contributed by atoms with Gasteiger partial charge >= 0.3 is 0 Å². The van der Waals surface area contributed by atoms with E-state index in [1.54, 1.807) is 10.6 Å². The van der Waals surface area contributed by atoms with E-state index in [4.69, 9.17) is 0 Å². The maximum atomic E-state index is 13.6. The van der Waals surface area contributed by atoms with Gasteiger partial charge in [-0.25, -0.2) is 9.55 Å². The van der Waals surface area contributed by atoms with Crippen LogP contribution in [-0.2, 0) is 0 Å². The zero-order valence-corrected chi connectivity index (χ0v) is 20.7. The summed E-state index contributed by atoms with van der Waals surface area (Å²) < 4.78 is 3.53. The minimum Gasteiger partial charge on any atom is -0.309 e. The second kappa shape index (κ2) is 8.46. The molecule has 1 atom stereocenters. The number of benzene rings is 3. The van der Waals surface area contributed by atoms with E-state index in [9.17, 15) is 9.59 Å². The number of hydrogen-bond acceptors (Lipinski definition) is 6. The van der Waals surface area contributed by atoms with Crippen LogP contribution in [0.1, 0.15) is 29.1 Å². The summed E-state index contributed by atoms with van der Waals surface area (Å²) in [4.78, 5) is 33.8. The van der Waals surface area contributed by atoms with Gasteiger partial charge in [-0.2, -0.15) is 0 Å². The Morgan fingerprint density at radius 2 is 1.64 bits per heavy atom. The van der Waals surface area contributed by atoms with E-state index in [-0.39, 0.29) is 16.4 Å². The van der Waals surface area contributed by atoms with E-state index in [1.165, 1.54) is 11.8 Å². The fourth-order valence-corrected chi connectivity index (χ4v) is 5.37. The SMILES string of the molecule is Cc1cccc(-n2c(=O)c3ccccc3n3c(SC(C)c4nc5ccccc5c(=O)[nH]4)nnc23)c1C. The Kier molecular flexibility index (Phi) is 5.22. The van der Waals surface area contributed by atoms with Crippen LogP contribution in [-0.4, -0.2) is 29.1 Å². The van der Waals surface area contributed by atoms with Crippen molar-refractivity contribution in [2.24, 2.45) is 0 Å². The highest BCUT2D eigenvalue weighted by molar-refractivity contribution is 7.99. The molecule has 0 aliphatic carbocycles. The van der Waals surface area contributed by atoms with Crippen molar-refractivity contribution < 1.29 is 0 Å². The van der Waals surface area contributed by atoms with E-state index in [2.05, 4.69) is 20.2 Å². The molecule has 1 N–H and O–H groups in total. The van der Waals surface area contributed by atoms with Crippen LogP contribution in [0.2, 0.25) is 0 Å². The predicted molar refractivity (Wildman–Crippen MR) is 142 cm³/mol. The summed E-state index contributed by atoms with van der Waals surface area (Å²) in [6.45, 7) is 5.98. The lowest BCUT2D eigenvalue weighted by Crippen LogP contribution is -2.22. The average Bonchev–Trinajstić information content (AvgIpc) is 3.30. The van der Waals surface area contributed by atoms with Gasteiger partial charge < -0.3 is 4.98 Å². The van der Waals surface area contributed by atoms with Crippen LogP contribution < -0.4 is 11.1 Å². The first kappa shape index (κ1) is 22.2. The molecule has 0 saturated carbocycles. The van der Waals surface area contributed by atoms with Gasteiger partial charge in [-0.15, -0.1) is 10.2 Å². The molecule has 0 aliphatic rings. The number of nitrogens with zero attached hydrogens (tertiary/aromatic N) is 5. The van der Waals surface area contributed by atoms with E-state index in [1.807, 2.05) is 85.8 Å². The van der Waals surface area contributed by atoms with Gasteiger partial charge in [-0.3, -0.25) is 14.0 Å². The molecule has 0 radical (unpaired) electrons. The van der Waals surface area contributed by atoms with Crippen molar-refractivity contribution in [1.82, 2.24) is 29.1 Å². The van der Waals surface area contributed by atoms with Crippen molar-refractivity contribution in [3.05, 3.63) is 104 Å². The lowest BCUT2D eigenvalue weighted by molar-refractivity contribution is 0.889. The molecule has 9 heteroatoms. The summed E-state index contributed by atoms with van der Waals surface area (Å²) in [7, 11) is 0. The topological polar surface area (TPSA) is 97.9 Å². The summed E-state index contributed by atoms with van der Waals surface area (Å²) >= 11 is 1.42. The quantitative estimate of drug-likeness (QED) is 0.356. The molecule has 0 aliphatic heterocycles. The highest BCUT2D eigenvalue weighted by Crippen LogP contribution is 2.33. The molecule has 3 aromatic carbocycles. The lowest BCUT2D eigenvalue weighted by atomic mass is 10.1. The van der Waals surface area contributed by atoms with Crippen molar-refractivity contribution in [2.45, 2.75) is 31.2 Å². The molecule has 0 fully saturated rings. The van der Waals surface area contributed by atoms with Gasteiger partial charge in [0.1, 0.15) is 5.82 Å². The van der Waals surface area contributed by atoms with Crippen molar-refractivity contribution >= 4 is 39.3 Å². The molecule has 178 valence electrons. The van der Waals surface area contributed by atoms with Crippen molar-refractivity contribution in [3.63, 3.8) is 0 Å². The van der Waals surface area contributed by atoms with Gasteiger partial charge in [0.25, 0.3) is 11.1 Å². The first-order valence-corrected chi connectivity index (χ1v) is 12.4. The molecule has 1 unspecified atom stereocenters.